The van der Waals surface area contributed by atoms with E-state index in [2.05, 4.69) is 0 Å². The number of phenols is 2. The van der Waals surface area contributed by atoms with Crippen LogP contribution in [-0.2, 0) is 10.3 Å². The van der Waals surface area contributed by atoms with Gasteiger partial charge in [-0.15, -0.1) is 0 Å². The highest BCUT2D eigenvalue weighted by molar-refractivity contribution is 5.87. The van der Waals surface area contributed by atoms with Crippen molar-refractivity contribution in [3.63, 3.8) is 0 Å². The quantitative estimate of drug-likeness (QED) is 0.666. The topological polar surface area (TPSA) is 104 Å². The Bertz CT molecular complexity index is 579. The summed E-state index contributed by atoms with van der Waals surface area (Å²) in [7, 11) is 0. The molecule has 0 aliphatic carbocycles. The van der Waals surface area contributed by atoms with Crippen LogP contribution in [0.4, 0.5) is 0 Å². The average molecular weight is 259 g/mol. The van der Waals surface area contributed by atoms with E-state index in [1.54, 1.807) is 24.3 Å². The number of hydrogen-bond donors (Lipinski definition) is 4. The van der Waals surface area contributed by atoms with E-state index in [1.165, 1.54) is 24.3 Å². The van der Waals surface area contributed by atoms with Crippen molar-refractivity contribution in [2.24, 2.45) is 5.73 Å². The number of benzene rings is 2. The SMILES string of the molecule is NC(C(=O)O)(c1ccccc1O)c1ccccc1O. The minimum atomic E-state index is -2.02. The molecule has 2 aromatic rings. The van der Waals surface area contributed by atoms with Crippen LogP contribution in [-0.4, -0.2) is 21.3 Å². The maximum atomic E-state index is 11.6. The molecule has 0 aliphatic heterocycles. The van der Waals surface area contributed by atoms with Gasteiger partial charge >= 0.3 is 5.97 Å². The van der Waals surface area contributed by atoms with Crippen LogP contribution in [0.25, 0.3) is 0 Å². The smallest absolute Gasteiger partial charge is 0.333 e. The molecule has 0 saturated carbocycles. The highest BCUT2D eigenvalue weighted by Gasteiger charge is 2.41. The number of phenolic OH excluding ortho intramolecular Hbond substituents is 2. The van der Waals surface area contributed by atoms with Gasteiger partial charge in [0.1, 0.15) is 11.5 Å². The molecule has 19 heavy (non-hydrogen) atoms. The monoisotopic (exact) mass is 259 g/mol. The molecule has 0 saturated heterocycles. The van der Waals surface area contributed by atoms with Gasteiger partial charge < -0.3 is 21.1 Å². The summed E-state index contributed by atoms with van der Waals surface area (Å²) in [4.78, 5) is 11.6. The summed E-state index contributed by atoms with van der Waals surface area (Å²) in [5.74, 6) is -1.85. The molecule has 0 aliphatic rings. The molecular weight excluding hydrogens is 246 g/mol. The molecule has 2 rings (SSSR count). The second-order valence-corrected chi connectivity index (χ2v) is 4.15. The molecule has 0 heterocycles. The van der Waals surface area contributed by atoms with E-state index in [1.807, 2.05) is 0 Å². The molecule has 2 aromatic carbocycles. The minimum absolute atomic E-state index is 0.0176. The number of aromatic hydroxyl groups is 2. The third-order valence-corrected chi connectivity index (χ3v) is 3.00. The first-order valence-corrected chi connectivity index (χ1v) is 5.57. The zero-order valence-corrected chi connectivity index (χ0v) is 9.95. The zero-order valence-electron chi connectivity index (χ0n) is 9.95. The molecule has 98 valence electrons. The maximum absolute atomic E-state index is 11.6. The molecule has 0 radical (unpaired) electrons. The van der Waals surface area contributed by atoms with Crippen LogP contribution in [0.15, 0.2) is 48.5 Å². The summed E-state index contributed by atoms with van der Waals surface area (Å²) in [5.41, 5.74) is 3.98. The summed E-state index contributed by atoms with van der Waals surface area (Å²) in [6.45, 7) is 0. The largest absolute Gasteiger partial charge is 0.508 e. The molecule has 0 spiro atoms. The molecule has 5 heteroatoms. The number of para-hydroxylation sites is 2. The van der Waals surface area contributed by atoms with Crippen molar-refractivity contribution in [3.05, 3.63) is 59.7 Å². The van der Waals surface area contributed by atoms with Gasteiger partial charge in [0.05, 0.1) is 0 Å². The molecule has 0 aromatic heterocycles. The van der Waals surface area contributed by atoms with Crippen LogP contribution in [0, 0.1) is 0 Å². The number of carboxylic acids is 1. The maximum Gasteiger partial charge on any atom is 0.333 e. The third kappa shape index (κ3) is 2.00. The Labute approximate surface area is 109 Å². The van der Waals surface area contributed by atoms with Gasteiger partial charge in [-0.05, 0) is 12.1 Å². The first kappa shape index (κ1) is 12.9. The number of aliphatic carboxylic acids is 1. The fourth-order valence-electron chi connectivity index (χ4n) is 1.99. The van der Waals surface area contributed by atoms with Crippen LogP contribution in [0.3, 0.4) is 0 Å². The summed E-state index contributed by atoms with van der Waals surface area (Å²) in [5, 5.41) is 29.1. The number of carboxylic acid groups (broad SMARTS) is 1. The van der Waals surface area contributed by atoms with Crippen LogP contribution < -0.4 is 5.73 Å². The predicted octanol–water partition coefficient (Wildman–Crippen LogP) is 1.38. The summed E-state index contributed by atoms with van der Waals surface area (Å²) in [6.07, 6.45) is 0. The van der Waals surface area contributed by atoms with E-state index in [4.69, 9.17) is 5.73 Å². The van der Waals surface area contributed by atoms with E-state index in [0.29, 0.717) is 0 Å². The molecule has 0 bridgehead atoms. The molecule has 0 atom stereocenters. The van der Waals surface area contributed by atoms with Gasteiger partial charge in [0, 0.05) is 11.1 Å². The van der Waals surface area contributed by atoms with Crippen LogP contribution in [0.5, 0.6) is 11.5 Å². The van der Waals surface area contributed by atoms with Gasteiger partial charge in [-0.3, -0.25) is 0 Å². The summed E-state index contributed by atoms with van der Waals surface area (Å²) < 4.78 is 0. The van der Waals surface area contributed by atoms with Crippen molar-refractivity contribution in [2.75, 3.05) is 0 Å². The fourth-order valence-corrected chi connectivity index (χ4v) is 1.99. The van der Waals surface area contributed by atoms with Crippen LogP contribution in [0.1, 0.15) is 11.1 Å². The Balaban J connectivity index is 2.73. The van der Waals surface area contributed by atoms with Gasteiger partial charge in [-0.25, -0.2) is 4.79 Å². The average Bonchev–Trinajstić information content (AvgIpc) is 2.38. The van der Waals surface area contributed by atoms with Crippen molar-refractivity contribution in [3.8, 4) is 11.5 Å². The number of nitrogens with two attached hydrogens (primary N) is 1. The van der Waals surface area contributed by atoms with E-state index in [-0.39, 0.29) is 22.6 Å². The first-order valence-electron chi connectivity index (χ1n) is 5.57. The lowest BCUT2D eigenvalue weighted by Gasteiger charge is -2.27. The third-order valence-electron chi connectivity index (χ3n) is 3.00. The molecule has 0 fully saturated rings. The van der Waals surface area contributed by atoms with Gasteiger partial charge in [0.25, 0.3) is 0 Å². The lowest BCUT2D eigenvalue weighted by molar-refractivity contribution is -0.142. The minimum Gasteiger partial charge on any atom is -0.508 e. The van der Waals surface area contributed by atoms with Crippen molar-refractivity contribution in [2.45, 2.75) is 5.54 Å². The normalized spacial score (nSPS) is 11.2. The van der Waals surface area contributed by atoms with E-state index >= 15 is 0 Å². The molecule has 5 N–H and O–H groups in total. The molecule has 5 nitrogen and oxygen atoms in total. The van der Waals surface area contributed by atoms with E-state index in [0.717, 1.165) is 0 Å². The Morgan fingerprint density at radius 1 is 0.895 bits per heavy atom. The number of carbonyl (C=O) groups is 1. The Morgan fingerprint density at radius 3 is 1.58 bits per heavy atom. The second-order valence-electron chi connectivity index (χ2n) is 4.15. The van der Waals surface area contributed by atoms with Gasteiger partial charge in [0.2, 0.25) is 0 Å². The second kappa shape index (κ2) is 4.62. The Morgan fingerprint density at radius 2 is 1.26 bits per heavy atom. The molecule has 0 unspecified atom stereocenters. The van der Waals surface area contributed by atoms with Crippen LogP contribution in [0.2, 0.25) is 0 Å². The van der Waals surface area contributed by atoms with Crippen LogP contribution >= 0.6 is 0 Å². The fraction of sp³-hybridized carbons (Fsp3) is 0.0714. The van der Waals surface area contributed by atoms with E-state index in [9.17, 15) is 20.1 Å². The van der Waals surface area contributed by atoms with Crippen molar-refractivity contribution in [1.29, 1.82) is 0 Å². The predicted molar refractivity (Wildman–Crippen MR) is 68.8 cm³/mol. The van der Waals surface area contributed by atoms with Gasteiger partial charge in [0.15, 0.2) is 5.54 Å². The van der Waals surface area contributed by atoms with Crippen molar-refractivity contribution >= 4 is 5.97 Å². The first-order chi connectivity index (χ1) is 8.98. The van der Waals surface area contributed by atoms with Crippen molar-refractivity contribution in [1.82, 2.24) is 0 Å². The molecular formula is C14H13NO4. The molecule has 0 amide bonds. The lowest BCUT2D eigenvalue weighted by Crippen LogP contribution is -2.46. The van der Waals surface area contributed by atoms with Gasteiger partial charge in [-0.2, -0.15) is 0 Å². The van der Waals surface area contributed by atoms with Crippen molar-refractivity contribution < 1.29 is 20.1 Å². The zero-order chi connectivity index (χ0) is 14.0. The Hall–Kier alpha value is -2.53. The van der Waals surface area contributed by atoms with Gasteiger partial charge in [-0.1, -0.05) is 36.4 Å². The van der Waals surface area contributed by atoms with E-state index < -0.39 is 11.5 Å². The summed E-state index contributed by atoms with van der Waals surface area (Å²) in [6, 6.07) is 11.8. The highest BCUT2D eigenvalue weighted by atomic mass is 16.4. The number of rotatable bonds is 3. The number of hydrogen-bond acceptors (Lipinski definition) is 4. The summed E-state index contributed by atoms with van der Waals surface area (Å²) >= 11 is 0. The lowest BCUT2D eigenvalue weighted by atomic mass is 9.82. The highest BCUT2D eigenvalue weighted by Crippen LogP contribution is 2.37. The standard InChI is InChI=1S/C14H13NO4/c15-14(13(18)19,9-5-1-3-7-11(9)16)10-6-2-4-8-12(10)17/h1-8,16-17H,15H2,(H,18,19). The Kier molecular flexibility index (Phi) is 3.14.